The first-order valence-electron chi connectivity index (χ1n) is 11.2. The molecule has 1 aliphatic rings. The van der Waals surface area contributed by atoms with Gasteiger partial charge in [-0.1, -0.05) is 36.5 Å². The minimum atomic E-state index is -3.73. The molecule has 2 aromatic rings. The average molecular weight is 529 g/mol. The molecule has 0 spiro atoms. The lowest BCUT2D eigenvalue weighted by molar-refractivity contribution is 0.0725. The molecule has 0 radical (unpaired) electrons. The number of amides is 1. The van der Waals surface area contributed by atoms with Crippen molar-refractivity contribution in [2.24, 2.45) is 0 Å². The van der Waals surface area contributed by atoms with Gasteiger partial charge in [0.25, 0.3) is 16.0 Å². The van der Waals surface area contributed by atoms with E-state index in [1.807, 2.05) is 19.9 Å². The molecular formula is C24H30Cl2N2O5S. The predicted octanol–water partition coefficient (Wildman–Crippen LogP) is 5.42. The summed E-state index contributed by atoms with van der Waals surface area (Å²) in [4.78, 5) is 19.8. The number of nitrogens with zero attached hydrogens (tertiary/aromatic N) is 2. The predicted molar refractivity (Wildman–Crippen MR) is 133 cm³/mol. The molecule has 2 heterocycles. The summed E-state index contributed by atoms with van der Waals surface area (Å²) in [7, 11) is -3.73. The zero-order valence-corrected chi connectivity index (χ0v) is 22.4. The van der Waals surface area contributed by atoms with E-state index in [1.54, 1.807) is 17.9 Å². The van der Waals surface area contributed by atoms with Gasteiger partial charge in [-0.05, 0) is 56.9 Å². The minimum absolute atomic E-state index is 0.156. The lowest BCUT2D eigenvalue weighted by atomic mass is 9.94. The third-order valence-corrected chi connectivity index (χ3v) is 7.14. The first-order chi connectivity index (χ1) is 15.9. The van der Waals surface area contributed by atoms with Crippen molar-refractivity contribution in [2.75, 3.05) is 19.4 Å². The Kier molecular flexibility index (Phi) is 8.50. The monoisotopic (exact) mass is 528 g/mol. The quantitative estimate of drug-likeness (QED) is 0.319. The maximum atomic E-state index is 13.6. The van der Waals surface area contributed by atoms with Crippen molar-refractivity contribution < 1.29 is 22.1 Å². The van der Waals surface area contributed by atoms with E-state index in [0.717, 1.165) is 35.9 Å². The molecule has 3 rings (SSSR count). The number of carbonyl (C=O) groups is 1. The number of benzene rings is 1. The molecule has 10 heteroatoms. The highest BCUT2D eigenvalue weighted by atomic mass is 35.5. The van der Waals surface area contributed by atoms with Gasteiger partial charge < -0.3 is 9.64 Å². The van der Waals surface area contributed by atoms with Crippen LogP contribution in [0.2, 0.25) is 10.0 Å². The number of carbonyl (C=O) groups excluding carboxylic acids is 1. The number of pyridine rings is 1. The van der Waals surface area contributed by atoms with Crippen LogP contribution in [0.15, 0.2) is 12.1 Å². The zero-order valence-electron chi connectivity index (χ0n) is 20.1. The molecule has 0 saturated heterocycles. The highest BCUT2D eigenvalue weighted by Gasteiger charge is 2.32. The summed E-state index contributed by atoms with van der Waals surface area (Å²) < 4.78 is 34.3. The number of ether oxygens (including phenoxy) is 1. The van der Waals surface area contributed by atoms with Crippen LogP contribution in [-0.2, 0) is 27.3 Å². The van der Waals surface area contributed by atoms with Crippen LogP contribution in [0.25, 0.3) is 0 Å². The Morgan fingerprint density at radius 2 is 1.94 bits per heavy atom. The standard InChI is InChI=1S/C24H30Cl2N2O5S/c1-6-7-10-32-23-19(14(2)11-15(3)27-23)13-28-9-8-17-20(25)12-18(16(4)33-34(5,30)31)22(26)21(17)24(28)29/h11-12,16H,6-10,13H2,1-5H3. The Morgan fingerprint density at radius 3 is 2.59 bits per heavy atom. The number of hydrogen-bond donors (Lipinski definition) is 0. The van der Waals surface area contributed by atoms with Crippen LogP contribution in [0.3, 0.4) is 0 Å². The van der Waals surface area contributed by atoms with Crippen molar-refractivity contribution in [2.45, 2.75) is 59.6 Å². The summed E-state index contributed by atoms with van der Waals surface area (Å²) in [5.74, 6) is 0.263. The number of halogens is 2. The van der Waals surface area contributed by atoms with Crippen LogP contribution < -0.4 is 4.74 Å². The Morgan fingerprint density at radius 1 is 1.24 bits per heavy atom. The van der Waals surface area contributed by atoms with Crippen molar-refractivity contribution in [3.63, 3.8) is 0 Å². The maximum Gasteiger partial charge on any atom is 0.264 e. The van der Waals surface area contributed by atoms with E-state index in [9.17, 15) is 13.2 Å². The van der Waals surface area contributed by atoms with Crippen LogP contribution in [0, 0.1) is 13.8 Å². The van der Waals surface area contributed by atoms with Crippen molar-refractivity contribution >= 4 is 39.2 Å². The van der Waals surface area contributed by atoms with Gasteiger partial charge in [0.15, 0.2) is 0 Å². The molecule has 34 heavy (non-hydrogen) atoms. The molecule has 1 amide bonds. The first-order valence-corrected chi connectivity index (χ1v) is 13.8. The molecule has 0 fully saturated rings. The van der Waals surface area contributed by atoms with E-state index in [0.29, 0.717) is 48.1 Å². The fourth-order valence-electron chi connectivity index (χ4n) is 4.06. The smallest absolute Gasteiger partial charge is 0.264 e. The molecule has 1 unspecified atom stereocenters. The molecular weight excluding hydrogens is 499 g/mol. The molecule has 0 N–H and O–H groups in total. The van der Waals surface area contributed by atoms with Gasteiger partial charge in [-0.2, -0.15) is 8.42 Å². The maximum absolute atomic E-state index is 13.6. The SMILES string of the molecule is CCCCOc1nc(C)cc(C)c1CN1CCc2c(Cl)cc(C(C)OS(C)(=O)=O)c(Cl)c2C1=O. The Hall–Kier alpha value is -1.87. The topological polar surface area (TPSA) is 85.8 Å². The van der Waals surface area contributed by atoms with Gasteiger partial charge in [0.05, 0.1) is 30.0 Å². The van der Waals surface area contributed by atoms with Crippen molar-refractivity contribution in [3.8, 4) is 5.88 Å². The molecule has 186 valence electrons. The van der Waals surface area contributed by atoms with E-state index < -0.39 is 16.2 Å². The van der Waals surface area contributed by atoms with Gasteiger partial charge in [-0.15, -0.1) is 0 Å². The molecule has 1 aromatic carbocycles. The fraction of sp³-hybridized carbons (Fsp3) is 0.500. The molecule has 0 bridgehead atoms. The van der Waals surface area contributed by atoms with Gasteiger partial charge in [0.1, 0.15) is 6.10 Å². The number of aryl methyl sites for hydroxylation is 2. The van der Waals surface area contributed by atoms with Crippen LogP contribution >= 0.6 is 23.2 Å². The van der Waals surface area contributed by atoms with E-state index in [4.69, 9.17) is 32.1 Å². The minimum Gasteiger partial charge on any atom is -0.477 e. The van der Waals surface area contributed by atoms with E-state index in [-0.39, 0.29) is 16.5 Å². The van der Waals surface area contributed by atoms with Gasteiger partial charge >= 0.3 is 0 Å². The zero-order chi connectivity index (χ0) is 25.2. The summed E-state index contributed by atoms with van der Waals surface area (Å²) >= 11 is 13.1. The highest BCUT2D eigenvalue weighted by molar-refractivity contribution is 7.86. The average Bonchev–Trinajstić information content (AvgIpc) is 2.72. The van der Waals surface area contributed by atoms with Gasteiger partial charge in [0.2, 0.25) is 5.88 Å². The van der Waals surface area contributed by atoms with Gasteiger partial charge in [-0.3, -0.25) is 8.98 Å². The molecule has 7 nitrogen and oxygen atoms in total. The van der Waals surface area contributed by atoms with Crippen molar-refractivity contribution in [1.29, 1.82) is 0 Å². The van der Waals surface area contributed by atoms with E-state index in [2.05, 4.69) is 11.9 Å². The third-order valence-electron chi connectivity index (χ3n) is 5.76. The number of unbranched alkanes of at least 4 members (excludes halogenated alkanes) is 1. The first kappa shape index (κ1) is 26.7. The summed E-state index contributed by atoms with van der Waals surface area (Å²) in [5, 5.41) is 0.520. The van der Waals surface area contributed by atoms with Gasteiger partial charge in [0, 0.05) is 28.4 Å². The third kappa shape index (κ3) is 6.03. The largest absolute Gasteiger partial charge is 0.477 e. The second kappa shape index (κ2) is 10.8. The second-order valence-electron chi connectivity index (χ2n) is 8.60. The van der Waals surface area contributed by atoms with Crippen molar-refractivity contribution in [3.05, 3.63) is 55.7 Å². The van der Waals surface area contributed by atoms with Gasteiger partial charge in [-0.25, -0.2) is 4.98 Å². The number of hydrogen-bond acceptors (Lipinski definition) is 6. The summed E-state index contributed by atoms with van der Waals surface area (Å²) in [6, 6.07) is 3.55. The second-order valence-corrected chi connectivity index (χ2v) is 11.0. The van der Waals surface area contributed by atoms with Crippen LogP contribution in [0.5, 0.6) is 5.88 Å². The highest BCUT2D eigenvalue weighted by Crippen LogP contribution is 2.39. The summed E-state index contributed by atoms with van der Waals surface area (Å²) in [5.41, 5.74) is 3.98. The van der Waals surface area contributed by atoms with Crippen molar-refractivity contribution in [1.82, 2.24) is 9.88 Å². The van der Waals surface area contributed by atoms with Crippen LogP contribution in [0.1, 0.15) is 71.1 Å². The fourth-order valence-corrected chi connectivity index (χ4v) is 5.40. The Labute approximate surface area is 211 Å². The lowest BCUT2D eigenvalue weighted by Gasteiger charge is -2.31. The molecule has 1 aliphatic heterocycles. The number of fused-ring (bicyclic) bond motifs is 1. The normalized spacial score (nSPS) is 14.8. The Balaban J connectivity index is 1.96. The molecule has 1 atom stereocenters. The Bertz CT molecular complexity index is 1200. The molecule has 0 saturated carbocycles. The summed E-state index contributed by atoms with van der Waals surface area (Å²) in [6.07, 6.45) is 2.50. The van der Waals surface area contributed by atoms with Crippen LogP contribution in [-0.4, -0.2) is 43.6 Å². The molecule has 1 aromatic heterocycles. The van der Waals surface area contributed by atoms with Crippen LogP contribution in [0.4, 0.5) is 0 Å². The number of aromatic nitrogens is 1. The lowest BCUT2D eigenvalue weighted by Crippen LogP contribution is -2.38. The number of rotatable bonds is 9. The van der Waals surface area contributed by atoms with E-state index in [1.165, 1.54) is 0 Å². The molecule has 0 aliphatic carbocycles. The van der Waals surface area contributed by atoms with E-state index >= 15 is 0 Å². The summed E-state index contributed by atoms with van der Waals surface area (Å²) in [6.45, 7) is 8.86.